The van der Waals surface area contributed by atoms with Gasteiger partial charge < -0.3 is 10.2 Å². The normalized spacial score (nSPS) is 21.0. The van der Waals surface area contributed by atoms with Gasteiger partial charge in [0.25, 0.3) is 0 Å². The third kappa shape index (κ3) is 4.97. The van der Waals surface area contributed by atoms with Crippen LogP contribution in [0.5, 0.6) is 0 Å². The van der Waals surface area contributed by atoms with Crippen LogP contribution in [0.2, 0.25) is 0 Å². The molecular weight excluding hydrogens is 382 g/mol. The Labute approximate surface area is 178 Å². The fourth-order valence-corrected chi connectivity index (χ4v) is 4.54. The molecule has 1 spiro atoms. The van der Waals surface area contributed by atoms with E-state index in [0.717, 1.165) is 24.7 Å². The van der Waals surface area contributed by atoms with Crippen LogP contribution in [0.4, 0.5) is 14.6 Å². The molecule has 6 heteroatoms. The second-order valence-electron chi connectivity index (χ2n) is 10.2. The lowest BCUT2D eigenvalue weighted by atomic mass is 9.88. The van der Waals surface area contributed by atoms with Gasteiger partial charge >= 0.3 is 0 Å². The maximum Gasteiger partial charge on any atom is 0.148 e. The Hall–Kier alpha value is -2.08. The third-order valence-electron chi connectivity index (χ3n) is 6.79. The molecule has 1 aromatic carbocycles. The summed E-state index contributed by atoms with van der Waals surface area (Å²) in [7, 11) is 0. The van der Waals surface area contributed by atoms with Crippen LogP contribution >= 0.6 is 0 Å². The first-order valence-corrected chi connectivity index (χ1v) is 11.0. The predicted octanol–water partition coefficient (Wildman–Crippen LogP) is 5.37. The Morgan fingerprint density at radius 1 is 1.10 bits per heavy atom. The lowest BCUT2D eigenvalue weighted by Gasteiger charge is -2.34. The highest BCUT2D eigenvalue weighted by Crippen LogP contribution is 2.59. The smallest absolute Gasteiger partial charge is 0.148 e. The van der Waals surface area contributed by atoms with Crippen LogP contribution in [-0.4, -0.2) is 41.3 Å². The van der Waals surface area contributed by atoms with Gasteiger partial charge in [-0.25, -0.2) is 8.78 Å². The van der Waals surface area contributed by atoms with Crippen LogP contribution in [-0.2, 0) is 0 Å². The highest BCUT2D eigenvalue weighted by atomic mass is 19.1. The maximum atomic E-state index is 13.9. The summed E-state index contributed by atoms with van der Waals surface area (Å²) in [6.07, 6.45) is 5.10. The molecule has 1 N–H and O–H groups in total. The average molecular weight is 415 g/mol. The van der Waals surface area contributed by atoms with E-state index in [0.29, 0.717) is 28.3 Å². The Kier molecular flexibility index (Phi) is 5.80. The number of nitrogens with zero attached hydrogens (tertiary/aromatic N) is 3. The summed E-state index contributed by atoms with van der Waals surface area (Å²) >= 11 is 0. The summed E-state index contributed by atoms with van der Waals surface area (Å²) in [5, 5.41) is 11.6. The highest BCUT2D eigenvalue weighted by molar-refractivity contribution is 5.60. The van der Waals surface area contributed by atoms with Gasteiger partial charge in [0.1, 0.15) is 17.5 Å². The summed E-state index contributed by atoms with van der Waals surface area (Å²) in [4.78, 5) is 2.62. The number of nitrogens with one attached hydrogen (secondary N) is 1. The molecule has 2 heterocycles. The molecule has 30 heavy (non-hydrogen) atoms. The molecule has 2 aliphatic rings. The van der Waals surface area contributed by atoms with Gasteiger partial charge in [0.2, 0.25) is 0 Å². The molecule has 4 nitrogen and oxygen atoms in total. The third-order valence-corrected chi connectivity index (χ3v) is 6.79. The molecule has 1 saturated carbocycles. The van der Waals surface area contributed by atoms with Gasteiger partial charge in [-0.1, -0.05) is 20.8 Å². The predicted molar refractivity (Wildman–Crippen MR) is 116 cm³/mol. The molecular formula is C24H32F2N4. The summed E-state index contributed by atoms with van der Waals surface area (Å²) in [6.45, 7) is 11.4. The summed E-state index contributed by atoms with van der Waals surface area (Å²) in [5.74, 6) is 0.378. The van der Waals surface area contributed by atoms with E-state index in [-0.39, 0.29) is 5.56 Å². The number of piperidine rings is 1. The molecule has 1 saturated heterocycles. The second-order valence-corrected chi connectivity index (χ2v) is 10.2. The van der Waals surface area contributed by atoms with Crippen molar-refractivity contribution in [3.63, 3.8) is 0 Å². The Bertz CT molecular complexity index is 868. The van der Waals surface area contributed by atoms with Crippen LogP contribution in [0, 0.1) is 28.4 Å². The zero-order valence-electron chi connectivity index (χ0n) is 18.2. The van der Waals surface area contributed by atoms with Crippen LogP contribution in [0.25, 0.3) is 11.3 Å². The van der Waals surface area contributed by atoms with Gasteiger partial charge in [-0.2, -0.15) is 0 Å². The minimum Gasteiger partial charge on any atom is -0.368 e. The molecule has 2 fully saturated rings. The lowest BCUT2D eigenvalue weighted by Crippen LogP contribution is -2.37. The molecule has 0 bridgehead atoms. The van der Waals surface area contributed by atoms with Crippen LogP contribution in [0.3, 0.4) is 0 Å². The highest BCUT2D eigenvalue weighted by Gasteiger charge is 2.54. The minimum atomic E-state index is -0.500. The van der Waals surface area contributed by atoms with Gasteiger partial charge in [-0.3, -0.25) is 0 Å². The largest absolute Gasteiger partial charge is 0.368 e. The lowest BCUT2D eigenvalue weighted by molar-refractivity contribution is 0.147. The number of anilines is 1. The Morgan fingerprint density at radius 2 is 1.87 bits per heavy atom. The fraction of sp³-hybridized carbons (Fsp3) is 0.583. The molecule has 2 aromatic rings. The van der Waals surface area contributed by atoms with E-state index in [2.05, 4.69) is 41.2 Å². The van der Waals surface area contributed by atoms with Crippen molar-refractivity contribution in [3.05, 3.63) is 42.0 Å². The van der Waals surface area contributed by atoms with E-state index < -0.39 is 11.6 Å². The SMILES string of the molecule is CC(C)(C)CCN1CCC2(CC1)CC2CNc1ccc(-c2cc(F)ccc2F)nn1. The zero-order valence-corrected chi connectivity index (χ0v) is 18.2. The summed E-state index contributed by atoms with van der Waals surface area (Å²) < 4.78 is 27.3. The van der Waals surface area contributed by atoms with Gasteiger partial charge in [0.15, 0.2) is 0 Å². The summed E-state index contributed by atoms with van der Waals surface area (Å²) in [6, 6.07) is 6.83. The van der Waals surface area contributed by atoms with Crippen molar-refractivity contribution >= 4 is 5.82 Å². The number of hydrogen-bond acceptors (Lipinski definition) is 4. The van der Waals surface area contributed by atoms with Gasteiger partial charge in [-0.15, -0.1) is 10.2 Å². The van der Waals surface area contributed by atoms with Gasteiger partial charge in [0.05, 0.1) is 5.69 Å². The van der Waals surface area contributed by atoms with Crippen molar-refractivity contribution in [1.82, 2.24) is 15.1 Å². The van der Waals surface area contributed by atoms with Crippen molar-refractivity contribution in [2.45, 2.75) is 46.5 Å². The first-order valence-electron chi connectivity index (χ1n) is 11.0. The van der Waals surface area contributed by atoms with Gasteiger partial charge in [-0.05, 0) is 92.4 Å². The molecule has 0 amide bonds. The summed E-state index contributed by atoms with van der Waals surface area (Å²) in [5.41, 5.74) is 1.37. The molecule has 0 radical (unpaired) electrons. The van der Waals surface area contributed by atoms with E-state index in [1.165, 1.54) is 45.3 Å². The molecule has 1 aliphatic heterocycles. The second kappa shape index (κ2) is 8.22. The van der Waals surface area contributed by atoms with Crippen molar-refractivity contribution in [3.8, 4) is 11.3 Å². The van der Waals surface area contributed by atoms with Crippen molar-refractivity contribution in [2.24, 2.45) is 16.7 Å². The number of likely N-dealkylation sites (tertiary alicyclic amines) is 1. The van der Waals surface area contributed by atoms with Crippen molar-refractivity contribution in [1.29, 1.82) is 0 Å². The maximum absolute atomic E-state index is 13.9. The molecule has 162 valence electrons. The molecule has 1 aliphatic carbocycles. The minimum absolute atomic E-state index is 0.133. The number of halogens is 2. The standard InChI is InChI=1S/C24H32F2N4/c1-23(2,3)8-11-30-12-9-24(10-13-30)15-17(24)16-27-22-7-6-21(28-29-22)19-14-18(25)4-5-20(19)26/h4-7,14,17H,8-13,15-16H2,1-3H3,(H,27,29). The van der Waals surface area contributed by atoms with E-state index >= 15 is 0 Å². The number of benzene rings is 1. The van der Waals surface area contributed by atoms with E-state index in [1.807, 2.05) is 0 Å². The van der Waals surface area contributed by atoms with Crippen molar-refractivity contribution < 1.29 is 8.78 Å². The van der Waals surface area contributed by atoms with Gasteiger partial charge in [0, 0.05) is 12.1 Å². The number of rotatable bonds is 6. The monoisotopic (exact) mass is 414 g/mol. The van der Waals surface area contributed by atoms with Crippen LogP contribution in [0.1, 0.15) is 46.5 Å². The first-order chi connectivity index (χ1) is 14.2. The molecule has 4 rings (SSSR count). The quantitative estimate of drug-likeness (QED) is 0.690. The number of aromatic nitrogens is 2. The Morgan fingerprint density at radius 3 is 2.53 bits per heavy atom. The van der Waals surface area contributed by atoms with Crippen LogP contribution < -0.4 is 5.32 Å². The topological polar surface area (TPSA) is 41.0 Å². The van der Waals surface area contributed by atoms with E-state index in [4.69, 9.17) is 0 Å². The number of hydrogen-bond donors (Lipinski definition) is 1. The molecule has 1 unspecified atom stereocenters. The first kappa shape index (κ1) is 21.2. The fourth-order valence-electron chi connectivity index (χ4n) is 4.54. The molecule has 1 aromatic heterocycles. The average Bonchev–Trinajstić information content (AvgIpc) is 3.39. The van der Waals surface area contributed by atoms with Crippen LogP contribution in [0.15, 0.2) is 30.3 Å². The van der Waals surface area contributed by atoms with E-state index in [1.54, 1.807) is 12.1 Å². The van der Waals surface area contributed by atoms with Crippen molar-refractivity contribution in [2.75, 3.05) is 31.5 Å². The van der Waals surface area contributed by atoms with E-state index in [9.17, 15) is 8.78 Å². The Balaban J connectivity index is 1.25. The molecule has 1 atom stereocenters. The zero-order chi connectivity index (χ0) is 21.4.